The summed E-state index contributed by atoms with van der Waals surface area (Å²) in [5, 5.41) is 9.58. The van der Waals surface area contributed by atoms with Gasteiger partial charge in [0.05, 0.1) is 11.0 Å². The Morgan fingerprint density at radius 2 is 1.33 bits per heavy atom. The summed E-state index contributed by atoms with van der Waals surface area (Å²) >= 11 is 0. The molecule has 1 saturated carbocycles. The standard InChI is InChI=1S/C21H23N5.C15H12N4.C2HF3O2/c1-13-23-20-17(8-9-22-21(20)24-13)19-11-15-10-14(6-7-18(15)25-19)12-26(2)16-4-3-5-16;1-9-17-14-11(6-7-16-15(14)18-9)13-8-10-4-2-3-5-12(10)19-13;3-2(4,5)1(6)7/h6-11,16,25H,3-5,12H2,1-2H3,(H,22,23,24);2-8,19H,1H3,(H,16,17,18);(H,6,7). The van der Waals surface area contributed by atoms with Crippen LogP contribution in [0.15, 0.2) is 79.1 Å². The van der Waals surface area contributed by atoms with Gasteiger partial charge >= 0.3 is 12.1 Å². The van der Waals surface area contributed by atoms with E-state index in [9.17, 15) is 13.2 Å². The second-order valence-electron chi connectivity index (χ2n) is 12.9. The highest BCUT2D eigenvalue weighted by Gasteiger charge is 2.38. The molecule has 0 unspecified atom stereocenters. The maximum absolute atomic E-state index is 10.6. The molecule has 0 aliphatic heterocycles. The molecule has 9 rings (SSSR count). The van der Waals surface area contributed by atoms with E-state index in [2.05, 4.69) is 94.3 Å². The lowest BCUT2D eigenvalue weighted by Crippen LogP contribution is -2.36. The number of aliphatic carboxylic acids is 1. The number of pyridine rings is 2. The van der Waals surface area contributed by atoms with E-state index in [1.807, 2.05) is 44.3 Å². The SMILES string of the molecule is Cc1nc2nccc(-c3cc4cc(CN(C)C5CCC5)ccc4[nH]3)c2[nH]1.Cc1nc2nccc(-c3cc4ccccc4[nH]3)c2[nH]1.O=C(O)C(F)(F)F. The zero-order valence-corrected chi connectivity index (χ0v) is 28.6. The van der Waals surface area contributed by atoms with Crippen LogP contribution >= 0.6 is 0 Å². The van der Waals surface area contributed by atoms with Gasteiger partial charge in [0.1, 0.15) is 11.6 Å². The Labute approximate surface area is 295 Å². The van der Waals surface area contributed by atoms with Gasteiger partial charge in [0.15, 0.2) is 11.3 Å². The number of halogens is 3. The highest BCUT2D eigenvalue weighted by Crippen LogP contribution is 2.31. The number of carboxylic acid groups (broad SMARTS) is 1. The minimum absolute atomic E-state index is 0.758. The van der Waals surface area contributed by atoms with Gasteiger partial charge in [0, 0.05) is 69.3 Å². The molecule has 5 N–H and O–H groups in total. The molecule has 0 radical (unpaired) electrons. The fourth-order valence-electron chi connectivity index (χ4n) is 6.39. The second-order valence-corrected chi connectivity index (χ2v) is 12.9. The number of aromatic nitrogens is 8. The number of fused-ring (bicyclic) bond motifs is 4. The summed E-state index contributed by atoms with van der Waals surface area (Å²) in [6.45, 7) is 4.92. The molecule has 1 aliphatic rings. The molecule has 52 heavy (non-hydrogen) atoms. The van der Waals surface area contributed by atoms with Crippen molar-refractivity contribution in [3.8, 4) is 22.5 Å². The smallest absolute Gasteiger partial charge is 0.475 e. The summed E-state index contributed by atoms with van der Waals surface area (Å²) in [5.41, 5.74) is 11.5. The van der Waals surface area contributed by atoms with Crippen molar-refractivity contribution in [2.24, 2.45) is 0 Å². The number of aromatic amines is 4. The summed E-state index contributed by atoms with van der Waals surface area (Å²) in [5.74, 6) is -0.990. The Bertz CT molecular complexity index is 2490. The molecule has 1 fully saturated rings. The zero-order valence-electron chi connectivity index (χ0n) is 28.6. The molecule has 11 nitrogen and oxygen atoms in total. The third-order valence-corrected chi connectivity index (χ3v) is 9.19. The number of nitrogens with zero attached hydrogens (tertiary/aromatic N) is 5. The van der Waals surface area contributed by atoms with E-state index in [4.69, 9.17) is 9.90 Å². The van der Waals surface area contributed by atoms with E-state index in [1.165, 1.54) is 35.6 Å². The number of alkyl halides is 3. The highest BCUT2D eigenvalue weighted by molar-refractivity contribution is 5.95. The van der Waals surface area contributed by atoms with Gasteiger partial charge in [-0.1, -0.05) is 30.7 Å². The summed E-state index contributed by atoms with van der Waals surface area (Å²) < 4.78 is 31.7. The monoisotopic (exact) mass is 707 g/mol. The number of para-hydroxylation sites is 1. The highest BCUT2D eigenvalue weighted by atomic mass is 19.4. The van der Waals surface area contributed by atoms with Crippen LogP contribution in [0, 0.1) is 13.8 Å². The van der Waals surface area contributed by atoms with Crippen LogP contribution in [0.3, 0.4) is 0 Å². The largest absolute Gasteiger partial charge is 0.490 e. The first-order valence-corrected chi connectivity index (χ1v) is 16.8. The van der Waals surface area contributed by atoms with E-state index < -0.39 is 12.1 Å². The predicted octanol–water partition coefficient (Wildman–Crippen LogP) is 8.45. The molecule has 2 aromatic carbocycles. The number of hydrogen-bond acceptors (Lipinski definition) is 6. The van der Waals surface area contributed by atoms with Gasteiger partial charge in [0.25, 0.3) is 0 Å². The minimum Gasteiger partial charge on any atom is -0.475 e. The first-order valence-electron chi connectivity index (χ1n) is 16.8. The Morgan fingerprint density at radius 3 is 1.85 bits per heavy atom. The summed E-state index contributed by atoms with van der Waals surface area (Å²) in [6.07, 6.45) is 2.60. The van der Waals surface area contributed by atoms with Crippen LogP contribution in [0.4, 0.5) is 13.2 Å². The van der Waals surface area contributed by atoms with E-state index in [-0.39, 0.29) is 0 Å². The summed E-state index contributed by atoms with van der Waals surface area (Å²) in [4.78, 5) is 42.4. The number of hydrogen-bond donors (Lipinski definition) is 5. The van der Waals surface area contributed by atoms with Crippen LogP contribution in [0.2, 0.25) is 0 Å². The average molecular weight is 708 g/mol. The van der Waals surface area contributed by atoms with E-state index in [1.54, 1.807) is 6.20 Å². The predicted molar refractivity (Wildman–Crippen MR) is 195 cm³/mol. The second kappa shape index (κ2) is 13.9. The zero-order chi connectivity index (χ0) is 36.6. The molecule has 1 aliphatic carbocycles. The Balaban J connectivity index is 0.000000142. The van der Waals surface area contributed by atoms with Crippen molar-refractivity contribution in [1.82, 2.24) is 44.8 Å². The van der Waals surface area contributed by atoms with Gasteiger partial charge < -0.3 is 25.0 Å². The van der Waals surface area contributed by atoms with Crippen LogP contribution < -0.4 is 0 Å². The molecule has 0 saturated heterocycles. The van der Waals surface area contributed by atoms with Crippen LogP contribution in [-0.2, 0) is 11.3 Å². The van der Waals surface area contributed by atoms with Crippen LogP contribution in [-0.4, -0.2) is 75.1 Å². The first kappa shape index (κ1) is 34.4. The topological polar surface area (TPSA) is 155 Å². The molecule has 8 aromatic rings. The normalized spacial score (nSPS) is 13.3. The van der Waals surface area contributed by atoms with Crippen molar-refractivity contribution in [3.63, 3.8) is 0 Å². The number of benzene rings is 2. The van der Waals surface area contributed by atoms with Crippen LogP contribution in [0.5, 0.6) is 0 Å². The molecule has 14 heteroatoms. The number of nitrogens with one attached hydrogen (secondary N) is 4. The van der Waals surface area contributed by atoms with Gasteiger partial charge in [-0.3, -0.25) is 4.90 Å². The molecule has 0 spiro atoms. The van der Waals surface area contributed by atoms with Crippen molar-refractivity contribution in [2.75, 3.05) is 7.05 Å². The molecule has 266 valence electrons. The van der Waals surface area contributed by atoms with E-state index >= 15 is 0 Å². The molecule has 0 bridgehead atoms. The number of H-pyrrole nitrogens is 4. The van der Waals surface area contributed by atoms with Crippen LogP contribution in [0.1, 0.15) is 36.5 Å². The lowest BCUT2D eigenvalue weighted by atomic mass is 9.91. The maximum atomic E-state index is 10.6. The lowest BCUT2D eigenvalue weighted by Gasteiger charge is -2.34. The number of carboxylic acids is 1. The Hall–Kier alpha value is -6.02. The van der Waals surface area contributed by atoms with Crippen molar-refractivity contribution < 1.29 is 23.1 Å². The molecule has 0 atom stereocenters. The number of carbonyl (C=O) groups is 1. The van der Waals surface area contributed by atoms with Crippen molar-refractivity contribution >= 4 is 50.1 Å². The van der Waals surface area contributed by atoms with Crippen LogP contribution in [0.25, 0.3) is 66.6 Å². The van der Waals surface area contributed by atoms with E-state index in [0.717, 1.165) is 80.1 Å². The molecular formula is C38H36F3N9O2. The van der Waals surface area contributed by atoms with Crippen molar-refractivity contribution in [2.45, 2.75) is 51.9 Å². The minimum atomic E-state index is -5.08. The summed E-state index contributed by atoms with van der Waals surface area (Å²) in [6, 6.07) is 24.2. The maximum Gasteiger partial charge on any atom is 0.490 e. The fraction of sp³-hybridized carbons (Fsp3) is 0.237. The molecule has 0 amide bonds. The quantitative estimate of drug-likeness (QED) is 0.120. The Kier molecular flexibility index (Phi) is 9.23. The Morgan fingerprint density at radius 1 is 0.788 bits per heavy atom. The van der Waals surface area contributed by atoms with Gasteiger partial charge in [0.2, 0.25) is 0 Å². The third-order valence-electron chi connectivity index (χ3n) is 9.19. The van der Waals surface area contributed by atoms with E-state index in [0.29, 0.717) is 0 Å². The average Bonchev–Trinajstić information content (AvgIpc) is 3.86. The molecular weight excluding hydrogens is 671 g/mol. The third kappa shape index (κ3) is 7.23. The van der Waals surface area contributed by atoms with Crippen molar-refractivity contribution in [3.05, 3.63) is 96.3 Å². The van der Waals surface area contributed by atoms with Crippen molar-refractivity contribution in [1.29, 1.82) is 0 Å². The number of aryl methyl sites for hydroxylation is 2. The summed E-state index contributed by atoms with van der Waals surface area (Å²) in [7, 11) is 2.24. The van der Waals surface area contributed by atoms with Gasteiger partial charge in [-0.05, 0) is 81.8 Å². The fourth-order valence-corrected chi connectivity index (χ4v) is 6.39. The van der Waals surface area contributed by atoms with Gasteiger partial charge in [-0.2, -0.15) is 13.2 Å². The lowest BCUT2D eigenvalue weighted by molar-refractivity contribution is -0.192. The molecule has 6 aromatic heterocycles. The van der Waals surface area contributed by atoms with Gasteiger partial charge in [-0.15, -0.1) is 0 Å². The van der Waals surface area contributed by atoms with Gasteiger partial charge in [-0.25, -0.2) is 24.7 Å². The number of imidazole rings is 2. The molecule has 6 heterocycles. The number of rotatable bonds is 5. The first-order chi connectivity index (χ1) is 24.9.